The molecule has 0 radical (unpaired) electrons. The lowest BCUT2D eigenvalue weighted by atomic mass is 10.3. The van der Waals surface area contributed by atoms with Crippen LogP contribution in [0.2, 0.25) is 0 Å². The van der Waals surface area contributed by atoms with E-state index in [9.17, 15) is 4.79 Å². The van der Waals surface area contributed by atoms with E-state index >= 15 is 0 Å². The van der Waals surface area contributed by atoms with Gasteiger partial charge < -0.3 is 14.2 Å². The molecule has 1 fully saturated rings. The van der Waals surface area contributed by atoms with Crippen molar-refractivity contribution in [2.75, 3.05) is 36.8 Å². The number of aromatic nitrogens is 2. The first kappa shape index (κ1) is 20.0. The molecule has 0 unspecified atom stereocenters. The highest BCUT2D eigenvalue weighted by atomic mass is 32.2. The monoisotopic (exact) mass is 428 g/mol. The summed E-state index contributed by atoms with van der Waals surface area (Å²) in [7, 11) is 0. The van der Waals surface area contributed by atoms with Gasteiger partial charge in [0.1, 0.15) is 11.6 Å². The minimum absolute atomic E-state index is 0.186. The molecule has 0 saturated carbocycles. The molecule has 0 atom stereocenters. The Morgan fingerprint density at radius 1 is 1.21 bits per heavy atom. The predicted molar refractivity (Wildman–Crippen MR) is 118 cm³/mol. The number of carbonyl (C=O) groups is 1. The quantitative estimate of drug-likeness (QED) is 0.591. The van der Waals surface area contributed by atoms with E-state index < -0.39 is 0 Å². The normalized spacial score (nSPS) is 14.4. The second-order valence-corrected chi connectivity index (χ2v) is 8.90. The molecule has 29 heavy (non-hydrogen) atoms. The molecule has 1 saturated heterocycles. The highest BCUT2D eigenvalue weighted by molar-refractivity contribution is 7.99. The van der Waals surface area contributed by atoms with Crippen molar-refractivity contribution in [3.63, 3.8) is 0 Å². The van der Waals surface area contributed by atoms with Crippen molar-refractivity contribution in [1.29, 1.82) is 0 Å². The third kappa shape index (κ3) is 4.64. The summed E-state index contributed by atoms with van der Waals surface area (Å²) in [6.45, 7) is 7.11. The minimum Gasteiger partial charge on any atom is -0.440 e. The van der Waals surface area contributed by atoms with Crippen LogP contribution in [0.4, 0.5) is 5.82 Å². The Kier molecular flexibility index (Phi) is 6.20. The first-order valence-electron chi connectivity index (χ1n) is 9.64. The summed E-state index contributed by atoms with van der Waals surface area (Å²) in [6.07, 6.45) is 1.81. The van der Waals surface area contributed by atoms with E-state index in [-0.39, 0.29) is 5.91 Å². The van der Waals surface area contributed by atoms with Gasteiger partial charge in [-0.05, 0) is 43.0 Å². The summed E-state index contributed by atoms with van der Waals surface area (Å²) in [5.41, 5.74) is 2.10. The van der Waals surface area contributed by atoms with Crippen molar-refractivity contribution in [1.82, 2.24) is 14.9 Å². The molecule has 0 aromatic carbocycles. The van der Waals surface area contributed by atoms with Crippen LogP contribution >= 0.6 is 23.1 Å². The molecular formula is C21H24N4O2S2. The molecular weight excluding hydrogens is 404 g/mol. The number of thiophene rings is 1. The standard InChI is InChI=1S/C21H24N4O2S2/c1-15-6-12-29-20(15)21-23-17(16(2)27-21)13-28-14-19(26)25-10-8-24(9-11-25)18-5-3-4-7-22-18/h3-7,12H,8-11,13-14H2,1-2H3. The molecule has 0 spiro atoms. The number of rotatable bonds is 6. The number of hydrogen-bond acceptors (Lipinski definition) is 7. The van der Waals surface area contributed by atoms with Gasteiger partial charge in [0.15, 0.2) is 0 Å². The Labute approximate surface area is 179 Å². The predicted octanol–water partition coefficient (Wildman–Crippen LogP) is 4.00. The molecule has 1 aliphatic rings. The summed E-state index contributed by atoms with van der Waals surface area (Å²) in [5.74, 6) is 3.82. The molecule has 4 heterocycles. The van der Waals surface area contributed by atoms with Crippen molar-refractivity contribution in [3.8, 4) is 10.8 Å². The fraction of sp³-hybridized carbons (Fsp3) is 0.381. The van der Waals surface area contributed by atoms with E-state index in [2.05, 4.69) is 27.9 Å². The van der Waals surface area contributed by atoms with E-state index in [0.29, 0.717) is 17.4 Å². The lowest BCUT2D eigenvalue weighted by Crippen LogP contribution is -2.49. The summed E-state index contributed by atoms with van der Waals surface area (Å²) in [5, 5.41) is 2.05. The van der Waals surface area contributed by atoms with Crippen molar-refractivity contribution in [2.24, 2.45) is 0 Å². The Hall–Kier alpha value is -2.32. The Balaban J connectivity index is 1.26. The zero-order chi connectivity index (χ0) is 20.2. The van der Waals surface area contributed by atoms with Crippen LogP contribution in [0.3, 0.4) is 0 Å². The number of oxazole rings is 1. The Bertz CT molecular complexity index is 962. The van der Waals surface area contributed by atoms with Crippen molar-refractivity contribution in [3.05, 3.63) is 52.9 Å². The van der Waals surface area contributed by atoms with E-state index in [1.807, 2.05) is 35.4 Å². The van der Waals surface area contributed by atoms with Crippen molar-refractivity contribution < 1.29 is 9.21 Å². The van der Waals surface area contributed by atoms with E-state index in [0.717, 1.165) is 48.3 Å². The van der Waals surface area contributed by atoms with Gasteiger partial charge in [-0.15, -0.1) is 23.1 Å². The van der Waals surface area contributed by atoms with Crippen LogP contribution < -0.4 is 4.90 Å². The minimum atomic E-state index is 0.186. The number of amides is 1. The number of aryl methyl sites for hydroxylation is 2. The lowest BCUT2D eigenvalue weighted by Gasteiger charge is -2.35. The van der Waals surface area contributed by atoms with Gasteiger partial charge in [-0.25, -0.2) is 9.97 Å². The molecule has 152 valence electrons. The van der Waals surface area contributed by atoms with Crippen LogP contribution in [0, 0.1) is 13.8 Å². The third-order valence-corrected chi connectivity index (χ3v) is 6.95. The number of pyridine rings is 1. The number of piperazine rings is 1. The molecule has 4 rings (SSSR count). The fourth-order valence-corrected chi connectivity index (χ4v) is 5.07. The maximum absolute atomic E-state index is 12.6. The number of carbonyl (C=O) groups excluding carboxylic acids is 1. The van der Waals surface area contributed by atoms with Crippen LogP contribution in [0.25, 0.3) is 10.8 Å². The highest BCUT2D eigenvalue weighted by Gasteiger charge is 2.22. The second kappa shape index (κ2) is 9.00. The number of anilines is 1. The van der Waals surface area contributed by atoms with Crippen molar-refractivity contribution >= 4 is 34.8 Å². The molecule has 3 aromatic rings. The number of nitrogens with zero attached hydrogens (tertiary/aromatic N) is 4. The summed E-state index contributed by atoms with van der Waals surface area (Å²) >= 11 is 3.24. The molecule has 0 bridgehead atoms. The summed E-state index contributed by atoms with van der Waals surface area (Å²) in [4.78, 5) is 26.9. The lowest BCUT2D eigenvalue weighted by molar-refractivity contribution is -0.128. The summed E-state index contributed by atoms with van der Waals surface area (Å²) in [6, 6.07) is 7.99. The first-order chi connectivity index (χ1) is 14.1. The average molecular weight is 429 g/mol. The smallest absolute Gasteiger partial charge is 0.237 e. The summed E-state index contributed by atoms with van der Waals surface area (Å²) < 4.78 is 5.85. The fourth-order valence-electron chi connectivity index (χ4n) is 3.30. The van der Waals surface area contributed by atoms with Crippen LogP contribution in [-0.2, 0) is 10.5 Å². The van der Waals surface area contributed by atoms with Gasteiger partial charge in [0.05, 0.1) is 16.3 Å². The van der Waals surface area contributed by atoms with Gasteiger partial charge >= 0.3 is 0 Å². The molecule has 3 aromatic heterocycles. The van der Waals surface area contributed by atoms with Crippen molar-refractivity contribution in [2.45, 2.75) is 19.6 Å². The molecule has 1 amide bonds. The van der Waals surface area contributed by atoms with Crippen LogP contribution in [0.5, 0.6) is 0 Å². The van der Waals surface area contributed by atoms with E-state index in [1.54, 1.807) is 29.3 Å². The van der Waals surface area contributed by atoms with Crippen LogP contribution in [0.15, 0.2) is 40.3 Å². The molecule has 6 nitrogen and oxygen atoms in total. The van der Waals surface area contributed by atoms with Gasteiger partial charge in [0, 0.05) is 38.1 Å². The Morgan fingerprint density at radius 2 is 2.03 bits per heavy atom. The van der Waals surface area contributed by atoms with Crippen LogP contribution in [0.1, 0.15) is 17.0 Å². The largest absolute Gasteiger partial charge is 0.440 e. The zero-order valence-corrected chi connectivity index (χ0v) is 18.3. The van der Waals surface area contributed by atoms with Gasteiger partial charge in [-0.1, -0.05) is 6.07 Å². The highest BCUT2D eigenvalue weighted by Crippen LogP contribution is 2.30. The number of hydrogen-bond donors (Lipinski definition) is 0. The first-order valence-corrected chi connectivity index (χ1v) is 11.7. The van der Waals surface area contributed by atoms with Gasteiger partial charge in [0.25, 0.3) is 0 Å². The van der Waals surface area contributed by atoms with Gasteiger partial charge in [0.2, 0.25) is 11.8 Å². The second-order valence-electron chi connectivity index (χ2n) is 7.00. The zero-order valence-electron chi connectivity index (χ0n) is 16.6. The SMILES string of the molecule is Cc1ccsc1-c1nc(CSCC(=O)N2CCN(c3ccccn3)CC2)c(C)o1. The van der Waals surface area contributed by atoms with Gasteiger partial charge in [-0.2, -0.15) is 0 Å². The third-order valence-electron chi connectivity index (χ3n) is 5.02. The molecule has 8 heteroatoms. The molecule has 0 N–H and O–H groups in total. The van der Waals surface area contributed by atoms with E-state index in [1.165, 1.54) is 5.56 Å². The van der Waals surface area contributed by atoms with Crippen LogP contribution in [-0.4, -0.2) is 52.7 Å². The topological polar surface area (TPSA) is 62.5 Å². The average Bonchev–Trinajstić information content (AvgIpc) is 3.34. The molecule has 1 aliphatic heterocycles. The maximum atomic E-state index is 12.6. The molecule has 0 aliphatic carbocycles. The maximum Gasteiger partial charge on any atom is 0.237 e. The van der Waals surface area contributed by atoms with Gasteiger partial charge in [-0.3, -0.25) is 4.79 Å². The number of thioether (sulfide) groups is 1. The Morgan fingerprint density at radius 3 is 2.72 bits per heavy atom. The van der Waals surface area contributed by atoms with E-state index in [4.69, 9.17) is 4.42 Å².